The fourth-order valence-electron chi connectivity index (χ4n) is 6.89. The van der Waals surface area contributed by atoms with Gasteiger partial charge in [0.1, 0.15) is 0 Å². The molecule has 5 aromatic heterocycles. The molecule has 1 radical (unpaired) electrons. The molecular formula is C48H43GeIrN5O-2. The smallest absolute Gasteiger partial charge is 0.216 e. The van der Waals surface area contributed by atoms with Crippen molar-refractivity contribution >= 4 is 50.8 Å². The number of rotatable bonds is 6. The summed E-state index contributed by atoms with van der Waals surface area (Å²) in [6.45, 7) is 8.50. The summed E-state index contributed by atoms with van der Waals surface area (Å²) in [5.41, 5.74) is 12.9. The standard InChI is InChI=1S/C33H25N4O.C15H18GeN.Ir/c1-20(2)25-17-23(22-9-5-4-6-10-22)14-16-29(25)37-30-12-8-7-11-28(30)36-32(37)27-19-34-18-26-24-15-13-21(3)35-33(24)38-31(26)27;1-12-5-7-13(8-6-12)15-10-9-14(11-17-15)16(2,3)4;/h4-18,20H,1-3H3;5-7,9-11H,1-4H3;/q2*-1;. The molecule has 0 N–H and O–H groups in total. The number of aryl methyl sites for hydroxylation is 2. The molecular weight excluding hydrogens is 927 g/mol. The largest absolute Gasteiger partial charge is 0.486 e. The maximum Gasteiger partial charge on any atom is 0.216 e. The number of nitrogens with zero attached hydrogens (tertiary/aromatic N) is 5. The monoisotopic (exact) mass is 972 g/mol. The molecule has 0 aliphatic rings. The van der Waals surface area contributed by atoms with E-state index in [0.29, 0.717) is 17.2 Å². The first-order valence-corrected chi connectivity index (χ1v) is 26.1. The Labute approximate surface area is 344 Å². The number of furan rings is 1. The minimum atomic E-state index is -1.73. The maximum absolute atomic E-state index is 6.32. The molecule has 0 spiro atoms. The second-order valence-electron chi connectivity index (χ2n) is 15.4. The van der Waals surface area contributed by atoms with E-state index in [9.17, 15) is 0 Å². The molecule has 9 aromatic rings. The second kappa shape index (κ2) is 16.1. The van der Waals surface area contributed by atoms with E-state index in [1.807, 2.05) is 55.6 Å². The minimum Gasteiger partial charge on any atom is -0.486 e. The predicted molar refractivity (Wildman–Crippen MR) is 229 cm³/mol. The van der Waals surface area contributed by atoms with Gasteiger partial charge in [-0.3, -0.25) is 4.98 Å². The summed E-state index contributed by atoms with van der Waals surface area (Å²) >= 11 is -1.73. The van der Waals surface area contributed by atoms with Crippen molar-refractivity contribution in [2.75, 3.05) is 0 Å². The van der Waals surface area contributed by atoms with Crippen molar-refractivity contribution in [1.29, 1.82) is 0 Å². The van der Waals surface area contributed by atoms with Crippen molar-refractivity contribution in [2.45, 2.75) is 50.9 Å². The molecule has 6 nitrogen and oxygen atoms in total. The molecule has 0 unspecified atom stereocenters. The van der Waals surface area contributed by atoms with Gasteiger partial charge in [-0.1, -0.05) is 62.4 Å². The summed E-state index contributed by atoms with van der Waals surface area (Å²) in [7, 11) is 0. The van der Waals surface area contributed by atoms with Crippen LogP contribution in [0.15, 0.2) is 132 Å². The SMILES string of the molecule is Cc1c[c-]c(-c2cc[c]([Ge]([CH3])([CH3])[CH3])cn2)cc1.Cc1ccc2c(n1)oc1c(-c3nc4ccccc4n3-c3ccc(-c4ccccc4)cc3C(C)C)[c-]ncc12.[Ir]. The van der Waals surface area contributed by atoms with Crippen LogP contribution in [-0.4, -0.2) is 37.8 Å². The molecule has 8 heteroatoms. The first-order valence-electron chi connectivity index (χ1n) is 18.7. The Hall–Kier alpha value is -5.21. The molecule has 0 amide bonds. The van der Waals surface area contributed by atoms with Crippen molar-refractivity contribution in [1.82, 2.24) is 24.5 Å². The second-order valence-corrected chi connectivity index (χ2v) is 26.1. The Bertz CT molecular complexity index is 2780. The van der Waals surface area contributed by atoms with Crippen molar-refractivity contribution in [2.24, 2.45) is 0 Å². The minimum absolute atomic E-state index is 0. The topological polar surface area (TPSA) is 69.6 Å². The van der Waals surface area contributed by atoms with Crippen LogP contribution in [-0.2, 0) is 20.1 Å². The summed E-state index contributed by atoms with van der Waals surface area (Å²) in [5.74, 6) is 8.19. The Balaban J connectivity index is 0.000000225. The van der Waals surface area contributed by atoms with Crippen molar-refractivity contribution in [3.8, 4) is 39.5 Å². The van der Waals surface area contributed by atoms with Gasteiger partial charge in [-0.2, -0.15) is 0 Å². The third kappa shape index (κ3) is 7.77. The molecule has 9 rings (SSSR count). The molecule has 281 valence electrons. The zero-order valence-corrected chi connectivity index (χ0v) is 37.2. The summed E-state index contributed by atoms with van der Waals surface area (Å²) in [4.78, 5) is 18.7. The molecule has 0 saturated heterocycles. The summed E-state index contributed by atoms with van der Waals surface area (Å²) in [6, 6.07) is 43.2. The number of benzene rings is 4. The normalized spacial score (nSPS) is 11.5. The third-order valence-electron chi connectivity index (χ3n) is 9.99. The van der Waals surface area contributed by atoms with Gasteiger partial charge in [0, 0.05) is 36.9 Å². The number of hydrogen-bond acceptors (Lipinski definition) is 5. The molecule has 4 aromatic carbocycles. The van der Waals surface area contributed by atoms with E-state index in [-0.39, 0.29) is 20.1 Å². The van der Waals surface area contributed by atoms with E-state index in [4.69, 9.17) is 9.40 Å². The van der Waals surface area contributed by atoms with Crippen LogP contribution in [0.3, 0.4) is 0 Å². The molecule has 56 heavy (non-hydrogen) atoms. The fraction of sp³-hybridized carbons (Fsp3) is 0.167. The molecule has 0 aliphatic heterocycles. The zero-order chi connectivity index (χ0) is 38.3. The molecule has 5 heterocycles. The van der Waals surface area contributed by atoms with E-state index in [1.165, 1.54) is 26.6 Å². The number of aromatic nitrogens is 5. The van der Waals surface area contributed by atoms with Crippen LogP contribution in [0.25, 0.3) is 72.6 Å². The van der Waals surface area contributed by atoms with Gasteiger partial charge < -0.3 is 14.0 Å². The van der Waals surface area contributed by atoms with Crippen LogP contribution in [0.5, 0.6) is 0 Å². The summed E-state index contributed by atoms with van der Waals surface area (Å²) < 4.78 is 9.99. The third-order valence-corrected chi connectivity index (χ3v) is 14.2. The number of fused-ring (bicyclic) bond motifs is 4. The van der Waals surface area contributed by atoms with Crippen LogP contribution < -0.4 is 4.40 Å². The first kappa shape index (κ1) is 39.0. The van der Waals surface area contributed by atoms with Crippen LogP contribution in [0, 0.1) is 26.1 Å². The van der Waals surface area contributed by atoms with E-state index < -0.39 is 13.3 Å². The quantitative estimate of drug-likeness (QED) is 0.123. The van der Waals surface area contributed by atoms with E-state index in [1.54, 1.807) is 6.20 Å². The molecule has 0 fully saturated rings. The Kier molecular flexibility index (Phi) is 11.2. The molecule has 0 saturated carbocycles. The summed E-state index contributed by atoms with van der Waals surface area (Å²) in [6.07, 6.45) is 7.04. The Morgan fingerprint density at radius 3 is 2.25 bits per heavy atom. The zero-order valence-electron chi connectivity index (χ0n) is 32.7. The Morgan fingerprint density at radius 1 is 0.750 bits per heavy atom. The van der Waals surface area contributed by atoms with E-state index >= 15 is 0 Å². The number of hydrogen-bond donors (Lipinski definition) is 0. The molecule has 0 atom stereocenters. The molecule has 0 aliphatic carbocycles. The van der Waals surface area contributed by atoms with Gasteiger partial charge in [-0.15, -0.1) is 0 Å². The van der Waals surface area contributed by atoms with Gasteiger partial charge in [-0.05, 0) is 89.3 Å². The number of imidazole rings is 1. The summed E-state index contributed by atoms with van der Waals surface area (Å²) in [5, 5.41) is 1.84. The average Bonchev–Trinajstić information content (AvgIpc) is 3.76. The van der Waals surface area contributed by atoms with Crippen molar-refractivity contribution in [3.63, 3.8) is 0 Å². The number of para-hydroxylation sites is 2. The van der Waals surface area contributed by atoms with Gasteiger partial charge in [0.2, 0.25) is 5.71 Å². The van der Waals surface area contributed by atoms with E-state index in [0.717, 1.165) is 55.8 Å². The maximum atomic E-state index is 6.32. The van der Waals surface area contributed by atoms with Crippen molar-refractivity contribution in [3.05, 3.63) is 157 Å². The van der Waals surface area contributed by atoms with Gasteiger partial charge in [0.15, 0.2) is 0 Å². The fourth-order valence-corrected chi connectivity index (χ4v) is 9.07. The van der Waals surface area contributed by atoms with E-state index in [2.05, 4.69) is 143 Å². The van der Waals surface area contributed by atoms with Crippen LogP contribution in [0.2, 0.25) is 17.3 Å². The average molecular weight is 971 g/mol. The predicted octanol–water partition coefficient (Wildman–Crippen LogP) is 11.7. The first-order chi connectivity index (χ1) is 26.5. The van der Waals surface area contributed by atoms with Crippen LogP contribution in [0.4, 0.5) is 0 Å². The van der Waals surface area contributed by atoms with Crippen LogP contribution >= 0.6 is 0 Å². The Morgan fingerprint density at radius 2 is 1.54 bits per heavy atom. The van der Waals surface area contributed by atoms with Crippen molar-refractivity contribution < 1.29 is 24.5 Å². The van der Waals surface area contributed by atoms with Gasteiger partial charge >= 0.3 is 106 Å². The molecule has 0 bridgehead atoms. The van der Waals surface area contributed by atoms with Gasteiger partial charge in [0.25, 0.3) is 0 Å². The number of pyridine rings is 3. The van der Waals surface area contributed by atoms with Gasteiger partial charge in [0.05, 0.1) is 22.4 Å². The van der Waals surface area contributed by atoms with Gasteiger partial charge in [-0.25, -0.2) is 4.98 Å². The van der Waals surface area contributed by atoms with Crippen LogP contribution in [0.1, 0.15) is 36.6 Å².